The van der Waals surface area contributed by atoms with Gasteiger partial charge in [-0.3, -0.25) is 0 Å². The smallest absolute Gasteiger partial charge is 0.315 e. The van der Waals surface area contributed by atoms with Gasteiger partial charge in [0.05, 0.1) is 12.1 Å². The van der Waals surface area contributed by atoms with Gasteiger partial charge in [0.25, 0.3) is 0 Å². The minimum absolute atomic E-state index is 0.232. The molecule has 2 rings (SSSR count). The molecule has 1 aromatic heterocycles. The fourth-order valence-corrected chi connectivity index (χ4v) is 2.71. The van der Waals surface area contributed by atoms with Crippen molar-refractivity contribution in [3.8, 4) is 0 Å². The van der Waals surface area contributed by atoms with Gasteiger partial charge in [0.15, 0.2) is 0 Å². The van der Waals surface area contributed by atoms with Gasteiger partial charge in [0.1, 0.15) is 0 Å². The van der Waals surface area contributed by atoms with Gasteiger partial charge >= 0.3 is 6.03 Å². The number of carbonyl (C=O) groups is 1. The van der Waals surface area contributed by atoms with Crippen LogP contribution in [0.3, 0.4) is 0 Å². The summed E-state index contributed by atoms with van der Waals surface area (Å²) in [6.07, 6.45) is 1.38. The maximum absolute atomic E-state index is 11.7. The van der Waals surface area contributed by atoms with Crippen LogP contribution in [0.5, 0.6) is 0 Å². The zero-order valence-electron chi connectivity index (χ0n) is 12.7. The predicted molar refractivity (Wildman–Crippen MR) is 89.9 cm³/mol. The summed E-state index contributed by atoms with van der Waals surface area (Å²) in [6.45, 7) is 2.49. The largest absolute Gasteiger partial charge is 0.388 e. The molecule has 1 heterocycles. The first kappa shape index (κ1) is 16.5. The quantitative estimate of drug-likeness (QED) is 0.735. The lowest BCUT2D eigenvalue weighted by atomic mass is 9.97. The summed E-state index contributed by atoms with van der Waals surface area (Å²) in [5.41, 5.74) is 0.265. The molecule has 3 N–H and O–H groups in total. The molecular formula is C17H22N2O2S. The Kier molecular flexibility index (Phi) is 5.98. The molecule has 1 aromatic carbocycles. The van der Waals surface area contributed by atoms with Gasteiger partial charge < -0.3 is 15.7 Å². The molecule has 118 valence electrons. The van der Waals surface area contributed by atoms with E-state index >= 15 is 0 Å². The standard InChI is InChI=1S/C17H22N2O2S/c1-17(21,10-9-14-6-3-2-4-7-14)13-19-16(20)18-12-15-8-5-11-22-15/h2-8,11,21H,9-10,12-13H2,1H3,(H2,18,19,20). The fraction of sp³-hybridized carbons (Fsp3) is 0.353. The first-order chi connectivity index (χ1) is 10.6. The number of amides is 2. The van der Waals surface area contributed by atoms with Crippen LogP contribution in [0.15, 0.2) is 47.8 Å². The second-order valence-corrected chi connectivity index (χ2v) is 6.63. The Morgan fingerprint density at radius 2 is 1.95 bits per heavy atom. The van der Waals surface area contributed by atoms with E-state index in [4.69, 9.17) is 0 Å². The molecule has 0 aliphatic rings. The Labute approximate surface area is 135 Å². The van der Waals surface area contributed by atoms with E-state index in [1.165, 1.54) is 5.56 Å². The summed E-state index contributed by atoms with van der Waals surface area (Å²) >= 11 is 1.60. The van der Waals surface area contributed by atoms with Crippen molar-refractivity contribution in [1.29, 1.82) is 0 Å². The summed E-state index contributed by atoms with van der Waals surface area (Å²) in [4.78, 5) is 12.8. The highest BCUT2D eigenvalue weighted by molar-refractivity contribution is 7.09. The SMILES string of the molecule is CC(O)(CCc1ccccc1)CNC(=O)NCc1cccs1. The summed E-state index contributed by atoms with van der Waals surface area (Å²) < 4.78 is 0. The monoisotopic (exact) mass is 318 g/mol. The van der Waals surface area contributed by atoms with Crippen LogP contribution < -0.4 is 10.6 Å². The zero-order valence-corrected chi connectivity index (χ0v) is 13.5. The molecule has 0 radical (unpaired) electrons. The van der Waals surface area contributed by atoms with E-state index in [0.717, 1.165) is 11.3 Å². The van der Waals surface area contributed by atoms with Gasteiger partial charge in [-0.2, -0.15) is 0 Å². The van der Waals surface area contributed by atoms with Crippen LogP contribution in [-0.2, 0) is 13.0 Å². The van der Waals surface area contributed by atoms with Crippen molar-refractivity contribution in [3.05, 3.63) is 58.3 Å². The molecule has 0 saturated carbocycles. The maximum Gasteiger partial charge on any atom is 0.315 e. The predicted octanol–water partition coefficient (Wildman–Crippen LogP) is 2.93. The van der Waals surface area contributed by atoms with E-state index in [9.17, 15) is 9.90 Å². The number of rotatable bonds is 7. The third kappa shape index (κ3) is 5.87. The normalized spacial score (nSPS) is 13.4. The third-order valence-electron chi connectivity index (χ3n) is 3.43. The van der Waals surface area contributed by atoms with Crippen LogP contribution >= 0.6 is 11.3 Å². The van der Waals surface area contributed by atoms with Gasteiger partial charge in [-0.1, -0.05) is 36.4 Å². The number of nitrogens with one attached hydrogen (secondary N) is 2. The average Bonchev–Trinajstić information content (AvgIpc) is 3.04. The van der Waals surface area contributed by atoms with Crippen LogP contribution in [-0.4, -0.2) is 23.3 Å². The number of aryl methyl sites for hydroxylation is 1. The topological polar surface area (TPSA) is 61.4 Å². The van der Waals surface area contributed by atoms with Crippen molar-refractivity contribution >= 4 is 17.4 Å². The van der Waals surface area contributed by atoms with Crippen molar-refractivity contribution in [3.63, 3.8) is 0 Å². The molecular weight excluding hydrogens is 296 g/mol. The highest BCUT2D eigenvalue weighted by Crippen LogP contribution is 2.13. The van der Waals surface area contributed by atoms with Crippen molar-refractivity contribution < 1.29 is 9.90 Å². The molecule has 0 saturated heterocycles. The second kappa shape index (κ2) is 7.96. The molecule has 0 fully saturated rings. The van der Waals surface area contributed by atoms with Crippen LogP contribution in [0.4, 0.5) is 4.79 Å². The molecule has 22 heavy (non-hydrogen) atoms. The Hall–Kier alpha value is -1.85. The first-order valence-electron chi connectivity index (χ1n) is 7.35. The fourth-order valence-electron chi connectivity index (χ4n) is 2.06. The molecule has 1 atom stereocenters. The Morgan fingerprint density at radius 3 is 2.64 bits per heavy atom. The molecule has 2 aromatic rings. The summed E-state index contributed by atoms with van der Waals surface area (Å²) in [5.74, 6) is 0. The number of benzene rings is 1. The molecule has 0 bridgehead atoms. The molecule has 4 nitrogen and oxygen atoms in total. The van der Waals surface area contributed by atoms with E-state index in [-0.39, 0.29) is 12.6 Å². The first-order valence-corrected chi connectivity index (χ1v) is 8.23. The second-order valence-electron chi connectivity index (χ2n) is 5.60. The minimum Gasteiger partial charge on any atom is -0.388 e. The molecule has 0 aliphatic heterocycles. The molecule has 2 amide bonds. The van der Waals surface area contributed by atoms with Crippen LogP contribution in [0.2, 0.25) is 0 Å². The lowest BCUT2D eigenvalue weighted by Crippen LogP contribution is -2.44. The van der Waals surface area contributed by atoms with E-state index in [2.05, 4.69) is 10.6 Å². The van der Waals surface area contributed by atoms with Crippen molar-refractivity contribution in [2.45, 2.75) is 31.9 Å². The Morgan fingerprint density at radius 1 is 1.18 bits per heavy atom. The van der Waals surface area contributed by atoms with Gasteiger partial charge in [-0.15, -0.1) is 11.3 Å². The van der Waals surface area contributed by atoms with Crippen LogP contribution in [0.25, 0.3) is 0 Å². The van der Waals surface area contributed by atoms with Crippen LogP contribution in [0.1, 0.15) is 23.8 Å². The molecule has 1 unspecified atom stereocenters. The number of hydrogen-bond acceptors (Lipinski definition) is 3. The molecule has 5 heteroatoms. The number of aliphatic hydroxyl groups is 1. The Bertz CT molecular complexity index is 568. The summed E-state index contributed by atoms with van der Waals surface area (Å²) in [6, 6.07) is 13.7. The van der Waals surface area contributed by atoms with Gasteiger partial charge in [-0.05, 0) is 36.8 Å². The maximum atomic E-state index is 11.7. The number of hydrogen-bond donors (Lipinski definition) is 3. The van der Waals surface area contributed by atoms with Gasteiger partial charge in [0, 0.05) is 11.4 Å². The summed E-state index contributed by atoms with van der Waals surface area (Å²) in [5, 5.41) is 17.8. The minimum atomic E-state index is -0.921. The Balaban J connectivity index is 1.68. The summed E-state index contributed by atoms with van der Waals surface area (Å²) in [7, 11) is 0. The van der Waals surface area contributed by atoms with Crippen LogP contribution in [0, 0.1) is 0 Å². The van der Waals surface area contributed by atoms with Crippen molar-refractivity contribution in [2.75, 3.05) is 6.54 Å². The lowest BCUT2D eigenvalue weighted by Gasteiger charge is -2.23. The average molecular weight is 318 g/mol. The number of thiophene rings is 1. The van der Waals surface area contributed by atoms with Crippen molar-refractivity contribution in [1.82, 2.24) is 10.6 Å². The lowest BCUT2D eigenvalue weighted by molar-refractivity contribution is 0.0534. The van der Waals surface area contributed by atoms with Gasteiger partial charge in [-0.25, -0.2) is 4.79 Å². The van der Waals surface area contributed by atoms with E-state index in [0.29, 0.717) is 13.0 Å². The van der Waals surface area contributed by atoms with Crippen molar-refractivity contribution in [2.24, 2.45) is 0 Å². The number of urea groups is 1. The highest BCUT2D eigenvalue weighted by Gasteiger charge is 2.20. The van der Waals surface area contributed by atoms with Gasteiger partial charge in [0.2, 0.25) is 0 Å². The van der Waals surface area contributed by atoms with E-state index in [1.807, 2.05) is 47.8 Å². The molecule has 0 aliphatic carbocycles. The highest BCUT2D eigenvalue weighted by atomic mass is 32.1. The van der Waals surface area contributed by atoms with E-state index in [1.54, 1.807) is 18.3 Å². The third-order valence-corrected chi connectivity index (χ3v) is 4.30. The molecule has 0 spiro atoms. The van der Waals surface area contributed by atoms with E-state index < -0.39 is 5.60 Å². The number of carbonyl (C=O) groups excluding carboxylic acids is 1. The zero-order chi connectivity index (χ0) is 15.8.